The van der Waals surface area contributed by atoms with Crippen LogP contribution in [0.4, 0.5) is 0 Å². The second kappa shape index (κ2) is 16.8. The minimum absolute atomic E-state index is 0.0159. The summed E-state index contributed by atoms with van der Waals surface area (Å²) in [5.41, 5.74) is 0. The summed E-state index contributed by atoms with van der Waals surface area (Å²) in [7, 11) is 0. The van der Waals surface area contributed by atoms with Gasteiger partial charge in [0.05, 0.1) is 0 Å². The lowest BCUT2D eigenvalue weighted by Crippen LogP contribution is -2.33. The van der Waals surface area contributed by atoms with E-state index in [1.165, 1.54) is 12.2 Å². The number of hydrogen-bond donors (Lipinski definition) is 2. The molecular weight excluding hydrogens is 380 g/mol. The minimum Gasteiger partial charge on any atom is -0.386 e. The van der Waals surface area contributed by atoms with Crippen molar-refractivity contribution < 1.29 is 24.9 Å². The largest absolute Gasteiger partial charge is 0.386 e. The number of aliphatic hydroxyl groups is 2. The molecule has 2 N–H and O–H groups in total. The van der Waals surface area contributed by atoms with Gasteiger partial charge in [0.15, 0.2) is 6.29 Å². The first kappa shape index (κ1) is 26.9. The van der Waals surface area contributed by atoms with Crippen molar-refractivity contribution in [1.82, 2.24) is 0 Å². The van der Waals surface area contributed by atoms with Gasteiger partial charge in [0.25, 0.3) is 0 Å². The first-order valence-electron chi connectivity index (χ1n) is 10.1. The topological polar surface area (TPSA) is 144 Å². The molecule has 0 fully saturated rings. The van der Waals surface area contributed by atoms with Crippen molar-refractivity contribution in [2.75, 3.05) is 0 Å². The van der Waals surface area contributed by atoms with E-state index in [1.54, 1.807) is 12.4 Å². The van der Waals surface area contributed by atoms with E-state index >= 15 is 0 Å². The van der Waals surface area contributed by atoms with Crippen LogP contribution in [0.2, 0.25) is 0 Å². The third-order valence-corrected chi connectivity index (χ3v) is 4.66. The Kier molecular flexibility index (Phi) is 15.6. The molecule has 0 aliphatic carbocycles. The number of nitrogens with zero attached hydrogens (tertiary/aromatic N) is 2. The summed E-state index contributed by atoms with van der Waals surface area (Å²) in [5.74, 6) is 0. The smallest absolute Gasteiger partial charge is 0.242 e. The maximum absolute atomic E-state index is 11.2. The third kappa shape index (κ3) is 12.8. The Morgan fingerprint density at radius 3 is 1.90 bits per heavy atom. The number of carbonyl (C=O) groups excluding carboxylic acids is 1. The molecule has 0 aromatic rings. The van der Waals surface area contributed by atoms with Gasteiger partial charge in [-0.15, -0.1) is 0 Å². The summed E-state index contributed by atoms with van der Waals surface area (Å²) in [4.78, 5) is 31.4. The van der Waals surface area contributed by atoms with Crippen LogP contribution in [0, 0.1) is 20.2 Å². The zero-order valence-corrected chi connectivity index (χ0v) is 17.0. The van der Waals surface area contributed by atoms with E-state index in [0.29, 0.717) is 19.3 Å². The lowest BCUT2D eigenvalue weighted by molar-refractivity contribution is -0.535. The van der Waals surface area contributed by atoms with Crippen molar-refractivity contribution in [2.45, 2.75) is 95.4 Å². The molecule has 0 aliphatic heterocycles. The van der Waals surface area contributed by atoms with Gasteiger partial charge in [-0.05, 0) is 32.1 Å². The highest BCUT2D eigenvalue weighted by molar-refractivity contribution is 5.50. The summed E-state index contributed by atoms with van der Waals surface area (Å²) in [6.07, 6.45) is 10.4. The van der Waals surface area contributed by atoms with Crippen molar-refractivity contribution in [2.24, 2.45) is 0 Å². The minimum atomic E-state index is -1.18. The maximum Gasteiger partial charge on any atom is 0.242 e. The summed E-state index contributed by atoms with van der Waals surface area (Å²) < 4.78 is 0. The molecule has 0 heterocycles. The van der Waals surface area contributed by atoms with Crippen molar-refractivity contribution in [1.29, 1.82) is 0 Å². The monoisotopic (exact) mass is 413 g/mol. The van der Waals surface area contributed by atoms with Gasteiger partial charge in [-0.1, -0.05) is 44.1 Å². The molecule has 0 bridgehead atoms. The van der Waals surface area contributed by atoms with E-state index in [4.69, 9.17) is 0 Å². The van der Waals surface area contributed by atoms with Crippen LogP contribution < -0.4 is 0 Å². The average molecular weight is 413 g/mol. The zero-order chi connectivity index (χ0) is 22.1. The molecular formula is C20H33N2O7. The molecule has 0 rings (SSSR count). The number of hydrogen-bond acceptors (Lipinski definition) is 7. The molecule has 9 nitrogen and oxygen atoms in total. The summed E-state index contributed by atoms with van der Waals surface area (Å²) in [5, 5.41) is 42.4. The standard InChI is InChI=1S/C20H33N2O7/c1-2-3-7-14-19(24)18(22(28)29)13-9-10-15-20(25)17(21(26)27)12-8-5-4-6-11-16-23/h3,7,9-10,17-20,24-25H,2,4-6,8,11-15H2,1H3/b7-3-,10-9-. The Balaban J connectivity index is 4.48. The van der Waals surface area contributed by atoms with E-state index in [1.807, 2.05) is 13.0 Å². The second-order valence-electron chi connectivity index (χ2n) is 7.00. The molecule has 0 amide bonds. The highest BCUT2D eigenvalue weighted by Crippen LogP contribution is 2.15. The van der Waals surface area contributed by atoms with Crippen molar-refractivity contribution in [3.8, 4) is 0 Å². The van der Waals surface area contributed by atoms with Crippen molar-refractivity contribution >= 4 is 6.29 Å². The Morgan fingerprint density at radius 1 is 0.828 bits per heavy atom. The molecule has 9 heteroatoms. The lowest BCUT2D eigenvalue weighted by atomic mass is 9.99. The molecule has 1 radical (unpaired) electrons. The van der Waals surface area contributed by atoms with Crippen LogP contribution in [0.1, 0.15) is 71.1 Å². The fourth-order valence-electron chi connectivity index (χ4n) is 2.91. The molecule has 0 spiro atoms. The number of nitro groups is 2. The summed E-state index contributed by atoms with van der Waals surface area (Å²) >= 11 is 0. The fourth-order valence-corrected chi connectivity index (χ4v) is 2.91. The van der Waals surface area contributed by atoms with Crippen LogP contribution in [-0.2, 0) is 4.79 Å². The first-order valence-corrected chi connectivity index (χ1v) is 10.1. The Bertz CT molecular complexity index is 537. The fraction of sp³-hybridized carbons (Fsp3) is 0.750. The normalized spacial score (nSPS) is 16.0. The van der Waals surface area contributed by atoms with Gasteiger partial charge < -0.3 is 10.2 Å². The number of aliphatic hydroxyl groups excluding tert-OH is 2. The molecule has 0 aliphatic rings. The SMILES string of the molecule is CC/C=C\CC(O)C(C/C=C\CC(O)C(CCCCCC[C]=O)[N+](=O)[O-])[N+](=O)[O-]. The zero-order valence-electron chi connectivity index (χ0n) is 17.0. The van der Waals surface area contributed by atoms with E-state index < -0.39 is 34.1 Å². The van der Waals surface area contributed by atoms with Gasteiger partial charge in [-0.25, -0.2) is 0 Å². The quantitative estimate of drug-likeness (QED) is 0.152. The van der Waals surface area contributed by atoms with Gasteiger partial charge in [-0.3, -0.25) is 25.0 Å². The summed E-state index contributed by atoms with van der Waals surface area (Å²) in [6.45, 7) is 1.92. The molecule has 0 saturated carbocycles. The van der Waals surface area contributed by atoms with E-state index in [-0.39, 0.29) is 25.7 Å². The van der Waals surface area contributed by atoms with E-state index in [0.717, 1.165) is 19.3 Å². The predicted octanol–water partition coefficient (Wildman–Crippen LogP) is 3.14. The highest BCUT2D eigenvalue weighted by Gasteiger charge is 2.29. The molecule has 4 atom stereocenters. The molecule has 0 saturated heterocycles. The molecule has 4 unspecified atom stereocenters. The molecule has 0 aromatic heterocycles. The predicted molar refractivity (Wildman–Crippen MR) is 109 cm³/mol. The Hall–Kier alpha value is -2.13. The van der Waals surface area contributed by atoms with E-state index in [2.05, 4.69) is 0 Å². The van der Waals surface area contributed by atoms with Crippen LogP contribution in [0.3, 0.4) is 0 Å². The van der Waals surface area contributed by atoms with Crippen molar-refractivity contribution in [3.05, 3.63) is 44.5 Å². The average Bonchev–Trinajstić information content (AvgIpc) is 2.66. The summed E-state index contributed by atoms with van der Waals surface area (Å²) in [6, 6.07) is -2.27. The van der Waals surface area contributed by atoms with Crippen LogP contribution in [0.25, 0.3) is 0 Å². The Morgan fingerprint density at radius 2 is 1.34 bits per heavy atom. The lowest BCUT2D eigenvalue weighted by Gasteiger charge is -2.15. The van der Waals surface area contributed by atoms with Crippen LogP contribution in [-0.4, -0.2) is 50.6 Å². The number of allylic oxidation sites excluding steroid dienone is 1. The van der Waals surface area contributed by atoms with Crippen molar-refractivity contribution in [3.63, 3.8) is 0 Å². The molecule has 29 heavy (non-hydrogen) atoms. The third-order valence-electron chi connectivity index (χ3n) is 4.66. The van der Waals surface area contributed by atoms with Gasteiger partial charge in [0.1, 0.15) is 12.2 Å². The van der Waals surface area contributed by atoms with Crippen LogP contribution >= 0.6 is 0 Å². The van der Waals surface area contributed by atoms with Gasteiger partial charge in [0, 0.05) is 29.1 Å². The maximum atomic E-state index is 11.2. The molecule has 165 valence electrons. The second-order valence-corrected chi connectivity index (χ2v) is 7.00. The first-order chi connectivity index (χ1) is 13.8. The number of rotatable bonds is 18. The highest BCUT2D eigenvalue weighted by atomic mass is 16.6. The Labute approximate surface area is 171 Å². The van der Waals surface area contributed by atoms with Gasteiger partial charge >= 0.3 is 0 Å². The molecule has 0 aromatic carbocycles. The van der Waals surface area contributed by atoms with Gasteiger partial charge in [-0.2, -0.15) is 0 Å². The van der Waals surface area contributed by atoms with Crippen LogP contribution in [0.5, 0.6) is 0 Å². The van der Waals surface area contributed by atoms with Crippen LogP contribution in [0.15, 0.2) is 24.3 Å². The van der Waals surface area contributed by atoms with E-state index in [9.17, 15) is 35.2 Å². The number of unbranched alkanes of at least 4 members (excludes halogenated alkanes) is 4. The van der Waals surface area contributed by atoms with Gasteiger partial charge in [0.2, 0.25) is 12.1 Å².